The second kappa shape index (κ2) is 8.74. The number of nitrogens with zero attached hydrogens (tertiary/aromatic N) is 3. The highest BCUT2D eigenvalue weighted by molar-refractivity contribution is 7.15. The zero-order chi connectivity index (χ0) is 23.8. The number of imide groups is 1. The van der Waals surface area contributed by atoms with Crippen LogP contribution in [0.25, 0.3) is 0 Å². The van der Waals surface area contributed by atoms with Crippen molar-refractivity contribution >= 4 is 34.2 Å². The highest BCUT2D eigenvalue weighted by Gasteiger charge is 2.35. The number of ether oxygens (including phenoxy) is 1. The molecule has 4 rings (SSSR count). The topological polar surface area (TPSA) is 101 Å². The van der Waals surface area contributed by atoms with Crippen LogP contribution in [0, 0.1) is 6.92 Å². The first-order chi connectivity index (χ1) is 15.6. The van der Waals surface area contributed by atoms with E-state index >= 15 is 0 Å². The quantitative estimate of drug-likeness (QED) is 0.554. The molecule has 8 nitrogen and oxygen atoms in total. The molecule has 1 aliphatic heterocycles. The van der Waals surface area contributed by atoms with Crippen molar-refractivity contribution < 1.29 is 19.1 Å². The SMILES string of the molecule is Cc1ccc(OCC(=O)Nc2nnc(CN3C(=O)c4ccccc4C3=O)s2)c(C(C)(C)C)c1. The van der Waals surface area contributed by atoms with Gasteiger partial charge in [-0.1, -0.05) is 61.9 Å². The van der Waals surface area contributed by atoms with Gasteiger partial charge in [-0.05, 0) is 36.1 Å². The lowest BCUT2D eigenvalue weighted by Gasteiger charge is -2.23. The molecule has 0 atom stereocenters. The summed E-state index contributed by atoms with van der Waals surface area (Å²) in [7, 11) is 0. The molecule has 2 heterocycles. The Bertz CT molecular complexity index is 1210. The Labute approximate surface area is 195 Å². The van der Waals surface area contributed by atoms with Crippen LogP contribution in [0.5, 0.6) is 5.75 Å². The molecule has 0 radical (unpaired) electrons. The van der Waals surface area contributed by atoms with E-state index < -0.39 is 0 Å². The fraction of sp³-hybridized carbons (Fsp3) is 0.292. The van der Waals surface area contributed by atoms with Crippen molar-refractivity contribution in [3.05, 3.63) is 69.7 Å². The molecule has 1 N–H and O–H groups in total. The van der Waals surface area contributed by atoms with Crippen LogP contribution in [-0.2, 0) is 16.8 Å². The summed E-state index contributed by atoms with van der Waals surface area (Å²) in [5.41, 5.74) is 2.77. The molecule has 33 heavy (non-hydrogen) atoms. The van der Waals surface area contributed by atoms with Gasteiger partial charge in [-0.25, -0.2) is 0 Å². The Kier molecular flexibility index (Phi) is 5.99. The van der Waals surface area contributed by atoms with Crippen LogP contribution >= 0.6 is 11.3 Å². The number of carbonyl (C=O) groups excluding carboxylic acids is 3. The first kappa shape index (κ1) is 22.6. The van der Waals surface area contributed by atoms with E-state index in [4.69, 9.17) is 4.74 Å². The van der Waals surface area contributed by atoms with Crippen LogP contribution in [0.4, 0.5) is 5.13 Å². The first-order valence-corrected chi connectivity index (χ1v) is 11.3. The number of carbonyl (C=O) groups is 3. The van der Waals surface area contributed by atoms with Gasteiger partial charge in [0.25, 0.3) is 17.7 Å². The van der Waals surface area contributed by atoms with Gasteiger partial charge in [-0.2, -0.15) is 0 Å². The molecule has 170 valence electrons. The number of aryl methyl sites for hydroxylation is 1. The van der Waals surface area contributed by atoms with Gasteiger partial charge < -0.3 is 4.74 Å². The molecule has 0 saturated carbocycles. The minimum absolute atomic E-state index is 0.00526. The van der Waals surface area contributed by atoms with Crippen molar-refractivity contribution in [3.8, 4) is 5.75 Å². The fourth-order valence-electron chi connectivity index (χ4n) is 3.54. The van der Waals surface area contributed by atoms with E-state index in [-0.39, 0.29) is 41.4 Å². The van der Waals surface area contributed by atoms with Crippen LogP contribution in [0.2, 0.25) is 0 Å². The molecule has 3 amide bonds. The summed E-state index contributed by atoms with van der Waals surface area (Å²) in [6, 6.07) is 12.6. The number of aromatic nitrogens is 2. The summed E-state index contributed by atoms with van der Waals surface area (Å²) in [5, 5.41) is 11.3. The molecule has 0 aliphatic carbocycles. The predicted octanol–water partition coefficient (Wildman–Crippen LogP) is 3.96. The normalized spacial score (nSPS) is 13.3. The lowest BCUT2D eigenvalue weighted by Crippen LogP contribution is -2.29. The Morgan fingerprint density at radius 3 is 2.36 bits per heavy atom. The van der Waals surface area contributed by atoms with Crippen LogP contribution in [-0.4, -0.2) is 39.4 Å². The lowest BCUT2D eigenvalue weighted by atomic mass is 9.85. The molecule has 0 spiro atoms. The minimum atomic E-state index is -0.376. The third-order valence-corrected chi connectivity index (χ3v) is 6.01. The number of hydrogen-bond acceptors (Lipinski definition) is 7. The Morgan fingerprint density at radius 2 is 1.73 bits per heavy atom. The average molecular weight is 465 g/mol. The number of fused-ring (bicyclic) bond motifs is 1. The fourth-order valence-corrected chi connectivity index (χ4v) is 4.29. The summed E-state index contributed by atoms with van der Waals surface area (Å²) in [6.07, 6.45) is 0. The number of anilines is 1. The monoisotopic (exact) mass is 464 g/mol. The molecular weight excluding hydrogens is 440 g/mol. The number of rotatable bonds is 6. The van der Waals surface area contributed by atoms with Gasteiger partial charge in [0.2, 0.25) is 5.13 Å². The van der Waals surface area contributed by atoms with Crippen LogP contribution in [0.15, 0.2) is 42.5 Å². The first-order valence-electron chi connectivity index (χ1n) is 10.4. The van der Waals surface area contributed by atoms with Crippen LogP contribution in [0.1, 0.15) is 57.6 Å². The van der Waals surface area contributed by atoms with Crippen molar-refractivity contribution in [2.45, 2.75) is 39.7 Å². The van der Waals surface area contributed by atoms with E-state index in [1.54, 1.807) is 24.3 Å². The molecule has 1 aliphatic rings. The number of benzene rings is 2. The molecule has 0 unspecified atom stereocenters. The van der Waals surface area contributed by atoms with Gasteiger partial charge in [0, 0.05) is 0 Å². The predicted molar refractivity (Wildman–Crippen MR) is 125 cm³/mol. The second-order valence-corrected chi connectivity index (χ2v) is 9.89. The maximum atomic E-state index is 12.5. The summed E-state index contributed by atoms with van der Waals surface area (Å²) in [5.74, 6) is -0.444. The van der Waals surface area contributed by atoms with E-state index in [1.165, 1.54) is 0 Å². The molecular formula is C24H24N4O4S. The number of amides is 3. The van der Waals surface area contributed by atoms with E-state index in [0.717, 1.165) is 27.4 Å². The minimum Gasteiger partial charge on any atom is -0.483 e. The zero-order valence-electron chi connectivity index (χ0n) is 18.8. The Balaban J connectivity index is 1.37. The summed E-state index contributed by atoms with van der Waals surface area (Å²) >= 11 is 1.11. The average Bonchev–Trinajstić information content (AvgIpc) is 3.30. The van der Waals surface area contributed by atoms with Crippen molar-refractivity contribution in [2.75, 3.05) is 11.9 Å². The molecule has 0 fully saturated rings. The van der Waals surface area contributed by atoms with Gasteiger partial charge in [-0.15, -0.1) is 10.2 Å². The summed E-state index contributed by atoms with van der Waals surface area (Å²) < 4.78 is 5.78. The van der Waals surface area contributed by atoms with E-state index in [1.807, 2.05) is 19.1 Å². The van der Waals surface area contributed by atoms with Gasteiger partial charge in [-0.3, -0.25) is 24.6 Å². The van der Waals surface area contributed by atoms with Gasteiger partial charge in [0.15, 0.2) is 6.61 Å². The van der Waals surface area contributed by atoms with E-state index in [2.05, 4.69) is 42.4 Å². The standard InChI is InChI=1S/C24H24N4O4S/c1-14-9-10-18(17(11-14)24(2,3)4)32-13-19(29)25-23-27-26-20(33-23)12-28-21(30)15-7-5-6-8-16(15)22(28)31/h5-11H,12-13H2,1-4H3,(H,25,27,29). The number of nitrogens with one attached hydrogen (secondary N) is 1. The van der Waals surface area contributed by atoms with Crippen molar-refractivity contribution in [1.29, 1.82) is 0 Å². The highest BCUT2D eigenvalue weighted by Crippen LogP contribution is 2.32. The molecule has 0 saturated heterocycles. The molecule has 9 heteroatoms. The third-order valence-electron chi connectivity index (χ3n) is 5.19. The summed E-state index contributed by atoms with van der Waals surface area (Å²) in [4.78, 5) is 38.6. The third kappa shape index (κ3) is 4.78. The van der Waals surface area contributed by atoms with Gasteiger partial charge in [0.05, 0.1) is 17.7 Å². The highest BCUT2D eigenvalue weighted by atomic mass is 32.1. The molecule has 2 aromatic carbocycles. The maximum absolute atomic E-state index is 12.5. The van der Waals surface area contributed by atoms with E-state index in [9.17, 15) is 14.4 Å². The molecule has 1 aromatic heterocycles. The van der Waals surface area contributed by atoms with Crippen LogP contribution < -0.4 is 10.1 Å². The maximum Gasteiger partial charge on any atom is 0.264 e. The Hall–Kier alpha value is -3.59. The summed E-state index contributed by atoms with van der Waals surface area (Å²) in [6.45, 7) is 8.10. The van der Waals surface area contributed by atoms with Crippen LogP contribution in [0.3, 0.4) is 0 Å². The van der Waals surface area contributed by atoms with Crippen molar-refractivity contribution in [3.63, 3.8) is 0 Å². The molecule has 3 aromatic rings. The largest absolute Gasteiger partial charge is 0.483 e. The van der Waals surface area contributed by atoms with Gasteiger partial charge in [0.1, 0.15) is 10.8 Å². The van der Waals surface area contributed by atoms with Crippen molar-refractivity contribution in [1.82, 2.24) is 15.1 Å². The zero-order valence-corrected chi connectivity index (χ0v) is 19.7. The second-order valence-electron chi connectivity index (χ2n) is 8.83. The van der Waals surface area contributed by atoms with Crippen molar-refractivity contribution in [2.24, 2.45) is 0 Å². The number of hydrogen-bond donors (Lipinski definition) is 1. The Morgan fingerprint density at radius 1 is 1.06 bits per heavy atom. The van der Waals surface area contributed by atoms with E-state index in [0.29, 0.717) is 21.9 Å². The lowest BCUT2D eigenvalue weighted by molar-refractivity contribution is -0.118. The van der Waals surface area contributed by atoms with Gasteiger partial charge >= 0.3 is 0 Å². The smallest absolute Gasteiger partial charge is 0.264 e. The molecule has 0 bridgehead atoms.